The molecule has 6 heteroatoms. The maximum atomic E-state index is 13.0. The first kappa shape index (κ1) is 15.8. The highest BCUT2D eigenvalue weighted by atomic mass is 35.5. The van der Waals surface area contributed by atoms with E-state index in [-0.39, 0.29) is 5.02 Å². The molecule has 0 saturated heterocycles. The predicted octanol–water partition coefficient (Wildman–Crippen LogP) is 5.44. The summed E-state index contributed by atoms with van der Waals surface area (Å²) in [6.07, 6.45) is 2.79. The first-order valence-corrected chi connectivity index (χ1v) is 6.99. The number of halogens is 4. The summed E-state index contributed by atoms with van der Waals surface area (Å²) >= 11 is 17.6. The van der Waals surface area contributed by atoms with Crippen molar-refractivity contribution in [2.45, 2.75) is 0 Å². The monoisotopic (exact) mass is 343 g/mol. The Morgan fingerprint density at radius 2 is 1.71 bits per heavy atom. The van der Waals surface area contributed by atoms with Gasteiger partial charge in [-0.2, -0.15) is 0 Å². The molecule has 0 heterocycles. The van der Waals surface area contributed by atoms with E-state index in [0.29, 0.717) is 21.3 Å². The lowest BCUT2D eigenvalue weighted by Crippen LogP contribution is -2.07. The van der Waals surface area contributed by atoms with Crippen LogP contribution in [0.25, 0.3) is 6.08 Å². The number of hydrogen-bond acceptors (Lipinski definition) is 1. The van der Waals surface area contributed by atoms with E-state index < -0.39 is 11.7 Å². The van der Waals surface area contributed by atoms with E-state index in [2.05, 4.69) is 5.32 Å². The molecule has 2 nitrogen and oxygen atoms in total. The molecule has 21 heavy (non-hydrogen) atoms. The van der Waals surface area contributed by atoms with Crippen LogP contribution in [0.15, 0.2) is 42.5 Å². The normalized spacial score (nSPS) is 10.9. The molecule has 2 rings (SSSR count). The van der Waals surface area contributed by atoms with Crippen LogP contribution in [0, 0.1) is 5.82 Å². The lowest BCUT2D eigenvalue weighted by atomic mass is 10.2. The van der Waals surface area contributed by atoms with Crippen LogP contribution in [-0.4, -0.2) is 5.91 Å². The first-order valence-electron chi connectivity index (χ1n) is 5.85. The largest absolute Gasteiger partial charge is 0.322 e. The van der Waals surface area contributed by atoms with Crippen molar-refractivity contribution >= 4 is 52.5 Å². The number of anilines is 1. The topological polar surface area (TPSA) is 29.1 Å². The number of amides is 1. The summed E-state index contributed by atoms with van der Waals surface area (Å²) in [6.45, 7) is 0. The second-order valence-electron chi connectivity index (χ2n) is 4.09. The van der Waals surface area contributed by atoms with Crippen molar-refractivity contribution in [1.82, 2.24) is 0 Å². The Hall–Kier alpha value is -1.55. The molecule has 0 aromatic heterocycles. The number of rotatable bonds is 3. The van der Waals surface area contributed by atoms with Gasteiger partial charge in [-0.1, -0.05) is 40.9 Å². The lowest BCUT2D eigenvalue weighted by Gasteiger charge is -2.04. The van der Waals surface area contributed by atoms with Crippen LogP contribution in [0.1, 0.15) is 5.56 Å². The summed E-state index contributed by atoms with van der Waals surface area (Å²) in [5.74, 6) is -0.957. The maximum absolute atomic E-state index is 13.0. The Morgan fingerprint density at radius 1 is 1.05 bits per heavy atom. The summed E-state index contributed by atoms with van der Waals surface area (Å²) in [7, 11) is 0. The zero-order chi connectivity index (χ0) is 15.4. The van der Waals surface area contributed by atoms with Crippen molar-refractivity contribution < 1.29 is 9.18 Å². The summed E-state index contributed by atoms with van der Waals surface area (Å²) in [5.41, 5.74) is 0.939. The van der Waals surface area contributed by atoms with E-state index in [1.807, 2.05) is 0 Å². The molecule has 1 amide bonds. The van der Waals surface area contributed by atoms with Crippen LogP contribution in [0.2, 0.25) is 15.1 Å². The first-order chi connectivity index (χ1) is 9.97. The van der Waals surface area contributed by atoms with Crippen LogP contribution in [0.4, 0.5) is 10.1 Å². The van der Waals surface area contributed by atoms with Gasteiger partial charge in [0.2, 0.25) is 5.91 Å². The number of carbonyl (C=O) groups is 1. The SMILES string of the molecule is O=C(C=Cc1c(Cl)cccc1Cl)Nc1ccc(F)c(Cl)c1. The van der Waals surface area contributed by atoms with E-state index >= 15 is 0 Å². The third kappa shape index (κ3) is 4.21. The predicted molar refractivity (Wildman–Crippen MR) is 85.5 cm³/mol. The van der Waals surface area contributed by atoms with Gasteiger partial charge in [-0.05, 0) is 36.4 Å². The minimum atomic E-state index is -0.548. The fourth-order valence-corrected chi connectivity index (χ4v) is 2.29. The van der Waals surface area contributed by atoms with E-state index in [1.54, 1.807) is 18.2 Å². The molecular weight excluding hydrogens is 336 g/mol. The number of nitrogens with one attached hydrogen (secondary N) is 1. The highest BCUT2D eigenvalue weighted by molar-refractivity contribution is 6.37. The van der Waals surface area contributed by atoms with E-state index in [4.69, 9.17) is 34.8 Å². The van der Waals surface area contributed by atoms with E-state index in [1.165, 1.54) is 30.4 Å². The molecule has 0 aliphatic carbocycles. The molecule has 1 N–H and O–H groups in total. The molecule has 0 spiro atoms. The average Bonchev–Trinajstić information content (AvgIpc) is 2.42. The van der Waals surface area contributed by atoms with Gasteiger partial charge >= 0.3 is 0 Å². The summed E-state index contributed by atoms with van der Waals surface area (Å²) in [4.78, 5) is 11.8. The molecule has 0 atom stereocenters. The van der Waals surface area contributed by atoms with Gasteiger partial charge in [-0.3, -0.25) is 4.79 Å². The summed E-state index contributed by atoms with van der Waals surface area (Å²) in [6, 6.07) is 8.96. The molecule has 0 fully saturated rings. The summed E-state index contributed by atoms with van der Waals surface area (Å²) in [5, 5.41) is 3.37. The number of hydrogen-bond donors (Lipinski definition) is 1. The summed E-state index contributed by atoms with van der Waals surface area (Å²) < 4.78 is 13.0. The molecule has 0 radical (unpaired) electrons. The number of carbonyl (C=O) groups excluding carboxylic acids is 1. The molecule has 2 aromatic carbocycles. The van der Waals surface area contributed by atoms with Crippen molar-refractivity contribution in [3.05, 3.63) is 68.9 Å². The third-order valence-electron chi connectivity index (χ3n) is 2.59. The van der Waals surface area contributed by atoms with Crippen LogP contribution >= 0.6 is 34.8 Å². The van der Waals surface area contributed by atoms with Gasteiger partial charge in [0, 0.05) is 27.4 Å². The minimum absolute atomic E-state index is 0.0640. The molecule has 0 aliphatic rings. The standard InChI is InChI=1S/C15H9Cl3FNO/c16-11-2-1-3-12(17)10(11)5-7-15(21)20-9-4-6-14(19)13(18)8-9/h1-8H,(H,20,21). The highest BCUT2D eigenvalue weighted by Gasteiger charge is 2.05. The van der Waals surface area contributed by atoms with Gasteiger partial charge in [0.05, 0.1) is 5.02 Å². The van der Waals surface area contributed by atoms with Gasteiger partial charge < -0.3 is 5.32 Å². The Balaban J connectivity index is 2.11. The van der Waals surface area contributed by atoms with Gasteiger partial charge in [-0.15, -0.1) is 0 Å². The van der Waals surface area contributed by atoms with Crippen molar-refractivity contribution in [2.24, 2.45) is 0 Å². The van der Waals surface area contributed by atoms with Crippen molar-refractivity contribution in [3.8, 4) is 0 Å². The Morgan fingerprint density at radius 3 is 2.33 bits per heavy atom. The van der Waals surface area contributed by atoms with Gasteiger partial charge in [0.25, 0.3) is 0 Å². The zero-order valence-corrected chi connectivity index (χ0v) is 12.8. The van der Waals surface area contributed by atoms with Crippen LogP contribution in [-0.2, 0) is 4.79 Å². The minimum Gasteiger partial charge on any atom is -0.322 e. The van der Waals surface area contributed by atoms with E-state index in [0.717, 1.165) is 0 Å². The van der Waals surface area contributed by atoms with Crippen LogP contribution < -0.4 is 5.32 Å². The molecule has 0 aliphatic heterocycles. The Bertz CT molecular complexity index is 696. The van der Waals surface area contributed by atoms with E-state index in [9.17, 15) is 9.18 Å². The van der Waals surface area contributed by atoms with Crippen LogP contribution in [0.3, 0.4) is 0 Å². The fraction of sp³-hybridized carbons (Fsp3) is 0. The second-order valence-corrected chi connectivity index (χ2v) is 5.31. The van der Waals surface area contributed by atoms with Gasteiger partial charge in [0.1, 0.15) is 5.82 Å². The smallest absolute Gasteiger partial charge is 0.248 e. The highest BCUT2D eigenvalue weighted by Crippen LogP contribution is 2.25. The Labute approximate surface area is 136 Å². The van der Waals surface area contributed by atoms with Crippen molar-refractivity contribution in [3.63, 3.8) is 0 Å². The van der Waals surface area contributed by atoms with Gasteiger partial charge in [0.15, 0.2) is 0 Å². The zero-order valence-electron chi connectivity index (χ0n) is 10.5. The molecule has 0 saturated carbocycles. The van der Waals surface area contributed by atoms with Crippen molar-refractivity contribution in [2.75, 3.05) is 5.32 Å². The quantitative estimate of drug-likeness (QED) is 0.738. The third-order valence-corrected chi connectivity index (χ3v) is 3.54. The molecule has 2 aromatic rings. The average molecular weight is 345 g/mol. The Kier molecular flexibility index (Phi) is 5.23. The van der Waals surface area contributed by atoms with Crippen LogP contribution in [0.5, 0.6) is 0 Å². The van der Waals surface area contributed by atoms with Gasteiger partial charge in [-0.25, -0.2) is 4.39 Å². The molecule has 0 unspecified atom stereocenters. The molecular formula is C15H9Cl3FNO. The molecule has 0 bridgehead atoms. The second kappa shape index (κ2) is 6.94. The number of benzene rings is 2. The van der Waals surface area contributed by atoms with Crippen molar-refractivity contribution in [1.29, 1.82) is 0 Å². The maximum Gasteiger partial charge on any atom is 0.248 e. The fourth-order valence-electron chi connectivity index (χ4n) is 1.59. The lowest BCUT2D eigenvalue weighted by molar-refractivity contribution is -0.111. The molecule has 108 valence electrons.